The van der Waals surface area contributed by atoms with Crippen molar-refractivity contribution >= 4 is 15.4 Å². The summed E-state index contributed by atoms with van der Waals surface area (Å²) in [5.41, 5.74) is 4.63. The molecule has 17 heavy (non-hydrogen) atoms. The Morgan fingerprint density at radius 2 is 2.06 bits per heavy atom. The van der Waals surface area contributed by atoms with E-state index in [2.05, 4.69) is 31.2 Å². The van der Waals surface area contributed by atoms with Crippen molar-refractivity contribution in [3.8, 4) is 0 Å². The van der Waals surface area contributed by atoms with Crippen LogP contribution in [0.1, 0.15) is 29.5 Å². The summed E-state index contributed by atoms with van der Waals surface area (Å²) in [6, 6.07) is 6.30. The van der Waals surface area contributed by atoms with Crippen LogP contribution in [0, 0.1) is 6.92 Å². The summed E-state index contributed by atoms with van der Waals surface area (Å²) >= 11 is 0. The molecule has 92 valence electrons. The van der Waals surface area contributed by atoms with Gasteiger partial charge in [0.2, 0.25) is 0 Å². The maximum atomic E-state index is 11.4. The molecular weight excluding hydrogens is 232 g/mol. The van der Waals surface area contributed by atoms with E-state index in [1.54, 1.807) is 0 Å². The molecule has 1 aliphatic carbocycles. The normalized spacial score (nSPS) is 16.0. The maximum absolute atomic E-state index is 11.4. The Bertz CT molecular complexity index is 554. The molecule has 0 bridgehead atoms. The van der Waals surface area contributed by atoms with Crippen LogP contribution in [0.15, 0.2) is 24.3 Å². The second-order valence-electron chi connectivity index (χ2n) is 4.85. The van der Waals surface area contributed by atoms with E-state index in [0.717, 1.165) is 30.4 Å². The third-order valence-corrected chi connectivity index (χ3v) is 3.90. The van der Waals surface area contributed by atoms with Gasteiger partial charge in [0.15, 0.2) is 9.84 Å². The molecule has 1 aromatic rings. The Morgan fingerprint density at radius 3 is 2.76 bits per heavy atom. The van der Waals surface area contributed by atoms with E-state index in [0.29, 0.717) is 0 Å². The van der Waals surface area contributed by atoms with Crippen LogP contribution in [0.4, 0.5) is 0 Å². The lowest BCUT2D eigenvalue weighted by molar-refractivity contribution is 0.605. The fourth-order valence-corrected chi connectivity index (χ4v) is 3.18. The quantitative estimate of drug-likeness (QED) is 0.809. The highest BCUT2D eigenvalue weighted by molar-refractivity contribution is 7.91. The van der Waals surface area contributed by atoms with Crippen LogP contribution in [-0.2, 0) is 16.3 Å². The standard InChI is InChI=1S/C14H18O2S/c1-11-7-8-14-12(9-11)5-3-4-6-13(14)10-17(2,15)16/h6-9H,3-5,10H2,1-2H3. The third-order valence-electron chi connectivity index (χ3n) is 3.07. The predicted octanol–water partition coefficient (Wildman–Crippen LogP) is 2.76. The summed E-state index contributed by atoms with van der Waals surface area (Å²) in [7, 11) is -2.96. The van der Waals surface area contributed by atoms with Gasteiger partial charge in [0.1, 0.15) is 0 Å². The first kappa shape index (κ1) is 12.4. The van der Waals surface area contributed by atoms with Crippen LogP contribution >= 0.6 is 0 Å². The number of aryl methyl sites for hydroxylation is 2. The van der Waals surface area contributed by atoms with Crippen molar-refractivity contribution < 1.29 is 8.42 Å². The van der Waals surface area contributed by atoms with Crippen LogP contribution in [0.25, 0.3) is 5.57 Å². The number of hydrogen-bond donors (Lipinski definition) is 0. The zero-order valence-corrected chi connectivity index (χ0v) is 11.2. The van der Waals surface area contributed by atoms with Crippen molar-refractivity contribution in [2.45, 2.75) is 26.2 Å². The van der Waals surface area contributed by atoms with Crippen LogP contribution in [-0.4, -0.2) is 20.4 Å². The van der Waals surface area contributed by atoms with Gasteiger partial charge >= 0.3 is 0 Å². The molecule has 0 radical (unpaired) electrons. The number of hydrogen-bond acceptors (Lipinski definition) is 2. The Morgan fingerprint density at radius 1 is 1.29 bits per heavy atom. The summed E-state index contributed by atoms with van der Waals surface area (Å²) in [6.45, 7) is 2.07. The lowest BCUT2D eigenvalue weighted by atomic mass is 9.98. The van der Waals surface area contributed by atoms with E-state index in [-0.39, 0.29) is 5.75 Å². The number of allylic oxidation sites excluding steroid dienone is 1. The minimum atomic E-state index is -2.96. The van der Waals surface area contributed by atoms with Gasteiger partial charge in [-0.25, -0.2) is 8.42 Å². The molecule has 0 aromatic heterocycles. The van der Waals surface area contributed by atoms with Gasteiger partial charge in [0.05, 0.1) is 5.75 Å². The van der Waals surface area contributed by atoms with Crippen molar-refractivity contribution in [2.75, 3.05) is 12.0 Å². The van der Waals surface area contributed by atoms with Crippen LogP contribution in [0.2, 0.25) is 0 Å². The molecular formula is C14H18O2S. The van der Waals surface area contributed by atoms with Gasteiger partial charge < -0.3 is 0 Å². The largest absolute Gasteiger partial charge is 0.229 e. The molecule has 0 saturated heterocycles. The number of sulfone groups is 1. The highest BCUT2D eigenvalue weighted by Crippen LogP contribution is 2.27. The van der Waals surface area contributed by atoms with E-state index in [1.807, 2.05) is 0 Å². The summed E-state index contributed by atoms with van der Waals surface area (Å²) < 4.78 is 22.9. The smallest absolute Gasteiger partial charge is 0.151 e. The Hall–Kier alpha value is -1.09. The summed E-state index contributed by atoms with van der Waals surface area (Å²) in [5.74, 6) is 0.156. The Labute approximate surface area is 103 Å². The second kappa shape index (κ2) is 4.65. The van der Waals surface area contributed by atoms with E-state index >= 15 is 0 Å². The van der Waals surface area contributed by atoms with Crippen LogP contribution in [0.3, 0.4) is 0 Å². The van der Waals surface area contributed by atoms with Crippen LogP contribution < -0.4 is 0 Å². The minimum absolute atomic E-state index is 0.156. The molecule has 0 aliphatic heterocycles. The maximum Gasteiger partial charge on any atom is 0.151 e. The van der Waals surface area contributed by atoms with Crippen LogP contribution in [0.5, 0.6) is 0 Å². The molecule has 0 atom stereocenters. The molecule has 0 N–H and O–H groups in total. The van der Waals surface area contributed by atoms with Crippen molar-refractivity contribution in [3.05, 3.63) is 41.0 Å². The number of rotatable bonds is 2. The molecule has 0 spiro atoms. The van der Waals surface area contributed by atoms with Crippen molar-refractivity contribution in [1.82, 2.24) is 0 Å². The zero-order chi connectivity index (χ0) is 12.5. The number of fused-ring (bicyclic) bond motifs is 1. The van der Waals surface area contributed by atoms with E-state index < -0.39 is 9.84 Å². The van der Waals surface area contributed by atoms with E-state index in [9.17, 15) is 8.42 Å². The fourth-order valence-electron chi connectivity index (χ4n) is 2.34. The van der Waals surface area contributed by atoms with Gasteiger partial charge in [-0.2, -0.15) is 0 Å². The molecule has 0 fully saturated rings. The van der Waals surface area contributed by atoms with E-state index in [1.165, 1.54) is 17.4 Å². The summed E-state index contributed by atoms with van der Waals surface area (Å²) in [6.07, 6.45) is 6.50. The van der Waals surface area contributed by atoms with Gasteiger partial charge in [-0.15, -0.1) is 0 Å². The van der Waals surface area contributed by atoms with Gasteiger partial charge in [0, 0.05) is 6.26 Å². The first-order chi connectivity index (χ1) is 7.96. The highest BCUT2D eigenvalue weighted by atomic mass is 32.2. The van der Waals surface area contributed by atoms with Crippen molar-refractivity contribution in [1.29, 1.82) is 0 Å². The molecule has 2 rings (SSSR count). The summed E-state index contributed by atoms with van der Waals surface area (Å²) in [4.78, 5) is 0. The number of benzene rings is 1. The van der Waals surface area contributed by atoms with Crippen molar-refractivity contribution in [3.63, 3.8) is 0 Å². The Kier molecular flexibility index (Phi) is 3.38. The fraction of sp³-hybridized carbons (Fsp3) is 0.429. The first-order valence-corrected chi connectivity index (χ1v) is 7.98. The first-order valence-electron chi connectivity index (χ1n) is 5.92. The average Bonchev–Trinajstić information content (AvgIpc) is 2.38. The topological polar surface area (TPSA) is 34.1 Å². The predicted molar refractivity (Wildman–Crippen MR) is 71.8 cm³/mol. The molecule has 0 amide bonds. The molecule has 2 nitrogen and oxygen atoms in total. The van der Waals surface area contributed by atoms with Crippen molar-refractivity contribution in [2.24, 2.45) is 0 Å². The SMILES string of the molecule is Cc1ccc2c(c1)CCCC=C2CS(C)(=O)=O. The molecule has 0 unspecified atom stereocenters. The van der Waals surface area contributed by atoms with E-state index in [4.69, 9.17) is 0 Å². The van der Waals surface area contributed by atoms with Gasteiger partial charge in [-0.1, -0.05) is 29.8 Å². The molecule has 3 heteroatoms. The van der Waals surface area contributed by atoms with Gasteiger partial charge in [-0.05, 0) is 42.9 Å². The highest BCUT2D eigenvalue weighted by Gasteiger charge is 2.15. The lowest BCUT2D eigenvalue weighted by Gasteiger charge is -2.11. The Balaban J connectivity index is 2.45. The second-order valence-corrected chi connectivity index (χ2v) is 6.99. The van der Waals surface area contributed by atoms with Gasteiger partial charge in [-0.3, -0.25) is 0 Å². The zero-order valence-electron chi connectivity index (χ0n) is 10.4. The molecule has 0 saturated carbocycles. The molecule has 1 aliphatic rings. The summed E-state index contributed by atoms with van der Waals surface area (Å²) in [5, 5.41) is 0. The van der Waals surface area contributed by atoms with Gasteiger partial charge in [0.25, 0.3) is 0 Å². The third kappa shape index (κ3) is 3.19. The average molecular weight is 250 g/mol. The monoisotopic (exact) mass is 250 g/mol. The molecule has 1 aromatic carbocycles. The minimum Gasteiger partial charge on any atom is -0.229 e. The lowest BCUT2D eigenvalue weighted by Crippen LogP contribution is -2.06. The molecule has 0 heterocycles.